The fourth-order valence-electron chi connectivity index (χ4n) is 2.52. The largest absolute Gasteiger partial charge is 0.396 e. The lowest BCUT2D eigenvalue weighted by molar-refractivity contribution is 0.244. The van der Waals surface area contributed by atoms with Gasteiger partial charge in [0, 0.05) is 38.5 Å². The maximum atomic E-state index is 9.05. The SMILES string of the molecule is CNc1nc(C)cc(N2CCCC(CCO)C2)n1. The molecular formula is C13H22N4O. The molecule has 1 fully saturated rings. The van der Waals surface area contributed by atoms with E-state index < -0.39 is 0 Å². The number of aromatic nitrogens is 2. The summed E-state index contributed by atoms with van der Waals surface area (Å²) < 4.78 is 0. The van der Waals surface area contributed by atoms with Gasteiger partial charge >= 0.3 is 0 Å². The van der Waals surface area contributed by atoms with Crippen molar-refractivity contribution in [1.82, 2.24) is 9.97 Å². The first-order valence-electron chi connectivity index (χ1n) is 6.62. The van der Waals surface area contributed by atoms with E-state index in [-0.39, 0.29) is 6.61 Å². The van der Waals surface area contributed by atoms with Crippen LogP contribution in [-0.4, -0.2) is 41.8 Å². The number of nitrogens with one attached hydrogen (secondary N) is 1. The summed E-state index contributed by atoms with van der Waals surface area (Å²) in [6.07, 6.45) is 3.27. The Balaban J connectivity index is 2.12. The van der Waals surface area contributed by atoms with Gasteiger partial charge in [0.05, 0.1) is 0 Å². The molecule has 100 valence electrons. The molecule has 1 aromatic rings. The summed E-state index contributed by atoms with van der Waals surface area (Å²) in [5.74, 6) is 2.25. The lowest BCUT2D eigenvalue weighted by atomic mass is 9.95. The van der Waals surface area contributed by atoms with Crippen LogP contribution in [0.4, 0.5) is 11.8 Å². The van der Waals surface area contributed by atoms with Crippen molar-refractivity contribution in [2.75, 3.05) is 37.0 Å². The minimum atomic E-state index is 0.281. The van der Waals surface area contributed by atoms with Gasteiger partial charge in [0.2, 0.25) is 5.95 Å². The van der Waals surface area contributed by atoms with E-state index in [1.54, 1.807) is 0 Å². The number of aryl methyl sites for hydroxylation is 1. The molecule has 2 rings (SSSR count). The van der Waals surface area contributed by atoms with Crippen molar-refractivity contribution in [2.45, 2.75) is 26.2 Å². The molecule has 1 unspecified atom stereocenters. The van der Waals surface area contributed by atoms with Crippen LogP contribution in [0.15, 0.2) is 6.07 Å². The highest BCUT2D eigenvalue weighted by molar-refractivity contribution is 5.44. The van der Waals surface area contributed by atoms with Crippen molar-refractivity contribution >= 4 is 11.8 Å². The molecule has 0 spiro atoms. The number of hydrogen-bond acceptors (Lipinski definition) is 5. The molecule has 1 atom stereocenters. The van der Waals surface area contributed by atoms with Crippen LogP contribution in [0.5, 0.6) is 0 Å². The van der Waals surface area contributed by atoms with Gasteiger partial charge in [-0.05, 0) is 32.1 Å². The Bertz CT molecular complexity index is 395. The topological polar surface area (TPSA) is 61.3 Å². The molecular weight excluding hydrogens is 228 g/mol. The molecule has 2 heterocycles. The maximum Gasteiger partial charge on any atom is 0.224 e. The number of piperidine rings is 1. The zero-order valence-corrected chi connectivity index (χ0v) is 11.2. The number of rotatable bonds is 4. The van der Waals surface area contributed by atoms with Crippen molar-refractivity contribution in [2.24, 2.45) is 5.92 Å². The Kier molecular flexibility index (Phi) is 4.36. The van der Waals surface area contributed by atoms with Gasteiger partial charge < -0.3 is 15.3 Å². The first-order chi connectivity index (χ1) is 8.72. The van der Waals surface area contributed by atoms with Crippen molar-refractivity contribution in [1.29, 1.82) is 0 Å². The summed E-state index contributed by atoms with van der Waals surface area (Å²) in [5.41, 5.74) is 0.980. The molecule has 1 aliphatic rings. The van der Waals surface area contributed by atoms with Gasteiger partial charge in [0.15, 0.2) is 0 Å². The average Bonchev–Trinajstić information content (AvgIpc) is 2.39. The van der Waals surface area contributed by atoms with E-state index in [1.807, 2.05) is 20.0 Å². The van der Waals surface area contributed by atoms with Gasteiger partial charge in [-0.1, -0.05) is 0 Å². The van der Waals surface area contributed by atoms with Gasteiger partial charge in [-0.25, -0.2) is 4.98 Å². The third kappa shape index (κ3) is 3.10. The highest BCUT2D eigenvalue weighted by Crippen LogP contribution is 2.24. The Morgan fingerprint density at radius 1 is 1.50 bits per heavy atom. The van der Waals surface area contributed by atoms with Crippen LogP contribution >= 0.6 is 0 Å². The molecule has 1 aliphatic heterocycles. The van der Waals surface area contributed by atoms with Crippen LogP contribution in [0.3, 0.4) is 0 Å². The van der Waals surface area contributed by atoms with Crippen molar-refractivity contribution in [3.8, 4) is 0 Å². The van der Waals surface area contributed by atoms with Crippen molar-refractivity contribution in [3.05, 3.63) is 11.8 Å². The standard InChI is InChI=1S/C13H22N4O/c1-10-8-12(16-13(14-2)15-10)17-6-3-4-11(9-17)5-7-18/h8,11,18H,3-7,9H2,1-2H3,(H,14,15,16). The Labute approximate surface area is 108 Å². The quantitative estimate of drug-likeness (QED) is 0.846. The van der Waals surface area contributed by atoms with Crippen LogP contribution < -0.4 is 10.2 Å². The van der Waals surface area contributed by atoms with Gasteiger partial charge in [0.25, 0.3) is 0 Å². The van der Waals surface area contributed by atoms with Crippen LogP contribution in [-0.2, 0) is 0 Å². The summed E-state index contributed by atoms with van der Waals surface area (Å²) in [4.78, 5) is 11.1. The Hall–Kier alpha value is -1.36. The second kappa shape index (κ2) is 6.00. The summed E-state index contributed by atoms with van der Waals surface area (Å²) in [6, 6.07) is 2.03. The molecule has 0 bridgehead atoms. The van der Waals surface area contributed by atoms with E-state index in [2.05, 4.69) is 20.2 Å². The fraction of sp³-hybridized carbons (Fsp3) is 0.692. The molecule has 5 heteroatoms. The van der Waals surface area contributed by atoms with E-state index in [1.165, 1.54) is 12.8 Å². The fourth-order valence-corrected chi connectivity index (χ4v) is 2.52. The normalized spacial score (nSPS) is 19.9. The van der Waals surface area contributed by atoms with Crippen molar-refractivity contribution in [3.63, 3.8) is 0 Å². The summed E-state index contributed by atoms with van der Waals surface area (Å²) in [6.45, 7) is 4.30. The number of hydrogen-bond donors (Lipinski definition) is 2. The first kappa shape index (κ1) is 13.1. The second-order valence-corrected chi connectivity index (χ2v) is 4.91. The highest BCUT2D eigenvalue weighted by atomic mass is 16.3. The van der Waals surface area contributed by atoms with Crippen LogP contribution in [0, 0.1) is 12.8 Å². The summed E-state index contributed by atoms with van der Waals surface area (Å²) in [7, 11) is 1.84. The van der Waals surface area contributed by atoms with Gasteiger partial charge in [0.1, 0.15) is 5.82 Å². The predicted octanol–water partition coefficient (Wildman–Crippen LogP) is 1.43. The first-order valence-corrected chi connectivity index (χ1v) is 6.62. The molecule has 1 saturated heterocycles. The number of aliphatic hydroxyl groups is 1. The van der Waals surface area contributed by atoms with Crippen LogP contribution in [0.1, 0.15) is 25.0 Å². The molecule has 0 aromatic carbocycles. The van der Waals surface area contributed by atoms with E-state index >= 15 is 0 Å². The van der Waals surface area contributed by atoms with E-state index in [9.17, 15) is 0 Å². The van der Waals surface area contributed by atoms with Crippen LogP contribution in [0.2, 0.25) is 0 Å². The van der Waals surface area contributed by atoms with E-state index in [0.29, 0.717) is 11.9 Å². The monoisotopic (exact) mass is 250 g/mol. The average molecular weight is 250 g/mol. The highest BCUT2D eigenvalue weighted by Gasteiger charge is 2.21. The molecule has 2 N–H and O–H groups in total. The molecule has 0 amide bonds. The smallest absolute Gasteiger partial charge is 0.224 e. The third-order valence-corrected chi connectivity index (χ3v) is 3.44. The lowest BCUT2D eigenvalue weighted by Crippen LogP contribution is -2.36. The van der Waals surface area contributed by atoms with Crippen molar-refractivity contribution < 1.29 is 5.11 Å². The van der Waals surface area contributed by atoms with Gasteiger partial charge in [-0.2, -0.15) is 4.98 Å². The minimum Gasteiger partial charge on any atom is -0.396 e. The van der Waals surface area contributed by atoms with Crippen LogP contribution in [0.25, 0.3) is 0 Å². The van der Waals surface area contributed by atoms with Gasteiger partial charge in [-0.15, -0.1) is 0 Å². The lowest BCUT2D eigenvalue weighted by Gasteiger charge is -2.33. The molecule has 5 nitrogen and oxygen atoms in total. The maximum absolute atomic E-state index is 9.05. The molecule has 0 saturated carbocycles. The Morgan fingerprint density at radius 2 is 2.33 bits per heavy atom. The molecule has 0 aliphatic carbocycles. The number of anilines is 2. The minimum absolute atomic E-state index is 0.281. The summed E-state index contributed by atoms with van der Waals surface area (Å²) >= 11 is 0. The zero-order valence-electron chi connectivity index (χ0n) is 11.2. The second-order valence-electron chi connectivity index (χ2n) is 4.91. The predicted molar refractivity (Wildman–Crippen MR) is 73.0 cm³/mol. The molecule has 18 heavy (non-hydrogen) atoms. The molecule has 1 aromatic heterocycles. The zero-order chi connectivity index (χ0) is 13.0. The Morgan fingerprint density at radius 3 is 3.06 bits per heavy atom. The number of nitrogens with zero attached hydrogens (tertiary/aromatic N) is 3. The number of aliphatic hydroxyl groups excluding tert-OH is 1. The van der Waals surface area contributed by atoms with E-state index in [4.69, 9.17) is 5.11 Å². The van der Waals surface area contributed by atoms with E-state index in [0.717, 1.165) is 31.0 Å². The van der Waals surface area contributed by atoms with Gasteiger partial charge in [-0.3, -0.25) is 0 Å². The summed E-state index contributed by atoms with van der Waals surface area (Å²) in [5, 5.41) is 12.0. The third-order valence-electron chi connectivity index (χ3n) is 3.44. The molecule has 0 radical (unpaired) electrons.